The molecule has 0 spiro atoms. The standard InChI is InChI=1S/C25H33N3O2/c1-5-17(2)25(26)30-24-9-7-19(14-18(24)3)20-6-8-22-23(15-20)28(16-27(22)4)21-10-12-29-13-11-21/h6-9,14-15,21H,5,10-13,16,26H2,1-4H3. The molecule has 2 N–H and O–H groups in total. The van der Waals surface area contributed by atoms with Crippen molar-refractivity contribution >= 4 is 11.4 Å². The zero-order chi connectivity index (χ0) is 21.3. The molecule has 5 nitrogen and oxygen atoms in total. The minimum Gasteiger partial charge on any atom is -0.441 e. The van der Waals surface area contributed by atoms with Crippen LogP contribution in [-0.2, 0) is 4.74 Å². The molecule has 30 heavy (non-hydrogen) atoms. The largest absolute Gasteiger partial charge is 0.441 e. The number of benzene rings is 2. The highest BCUT2D eigenvalue weighted by molar-refractivity contribution is 5.82. The lowest BCUT2D eigenvalue weighted by Gasteiger charge is -2.33. The lowest BCUT2D eigenvalue weighted by Crippen LogP contribution is -2.41. The molecule has 1 fully saturated rings. The van der Waals surface area contributed by atoms with Crippen molar-refractivity contribution in [2.45, 2.75) is 46.1 Å². The molecule has 0 unspecified atom stereocenters. The number of fused-ring (bicyclic) bond motifs is 1. The average molecular weight is 408 g/mol. The van der Waals surface area contributed by atoms with Crippen LogP contribution in [0.2, 0.25) is 0 Å². The van der Waals surface area contributed by atoms with E-state index in [-0.39, 0.29) is 0 Å². The Hall–Kier alpha value is -2.66. The summed E-state index contributed by atoms with van der Waals surface area (Å²) in [6, 6.07) is 13.7. The predicted molar refractivity (Wildman–Crippen MR) is 124 cm³/mol. The van der Waals surface area contributed by atoms with E-state index in [4.69, 9.17) is 15.2 Å². The molecular weight excluding hydrogens is 374 g/mol. The van der Waals surface area contributed by atoms with Gasteiger partial charge in [-0.1, -0.05) is 19.1 Å². The second-order valence-electron chi connectivity index (χ2n) is 8.44. The predicted octanol–water partition coefficient (Wildman–Crippen LogP) is 5.03. The highest BCUT2D eigenvalue weighted by Gasteiger charge is 2.30. The molecule has 0 aromatic heterocycles. The Morgan fingerprint density at radius 3 is 2.50 bits per heavy atom. The maximum Gasteiger partial charge on any atom is 0.189 e. The monoisotopic (exact) mass is 407 g/mol. The molecule has 0 bridgehead atoms. The molecule has 0 atom stereocenters. The lowest BCUT2D eigenvalue weighted by atomic mass is 10.0. The van der Waals surface area contributed by atoms with Crippen molar-refractivity contribution in [3.63, 3.8) is 0 Å². The number of allylic oxidation sites excluding steroid dienone is 1. The van der Waals surface area contributed by atoms with E-state index in [1.54, 1.807) is 0 Å². The minimum absolute atomic E-state index is 0.501. The fraction of sp³-hybridized carbons (Fsp3) is 0.440. The molecule has 2 aromatic carbocycles. The molecule has 2 aliphatic rings. The lowest BCUT2D eigenvalue weighted by molar-refractivity contribution is 0.0848. The summed E-state index contributed by atoms with van der Waals surface area (Å²) >= 11 is 0. The molecule has 0 aliphatic carbocycles. The topological polar surface area (TPSA) is 51.0 Å². The molecular formula is C25H33N3O2. The molecule has 4 rings (SSSR count). The highest BCUT2D eigenvalue weighted by atomic mass is 16.5. The summed E-state index contributed by atoms with van der Waals surface area (Å²) in [7, 11) is 2.17. The summed E-state index contributed by atoms with van der Waals surface area (Å²) in [4.78, 5) is 4.88. The number of nitrogens with two attached hydrogens (primary N) is 1. The zero-order valence-electron chi connectivity index (χ0n) is 18.6. The third-order valence-electron chi connectivity index (χ3n) is 6.37. The van der Waals surface area contributed by atoms with E-state index in [2.05, 4.69) is 61.0 Å². The van der Waals surface area contributed by atoms with E-state index < -0.39 is 0 Å². The quantitative estimate of drug-likeness (QED) is 0.704. The van der Waals surface area contributed by atoms with Crippen LogP contribution < -0.4 is 20.3 Å². The van der Waals surface area contributed by atoms with Crippen LogP contribution in [0.4, 0.5) is 11.4 Å². The Morgan fingerprint density at radius 1 is 1.10 bits per heavy atom. The van der Waals surface area contributed by atoms with Gasteiger partial charge >= 0.3 is 0 Å². The average Bonchev–Trinajstić information content (AvgIpc) is 3.11. The van der Waals surface area contributed by atoms with Crippen molar-refractivity contribution in [3.8, 4) is 16.9 Å². The van der Waals surface area contributed by atoms with Gasteiger partial charge in [-0.05, 0) is 79.6 Å². The van der Waals surface area contributed by atoms with Crippen molar-refractivity contribution in [2.24, 2.45) is 5.73 Å². The van der Waals surface area contributed by atoms with Gasteiger partial charge in [-0.25, -0.2) is 0 Å². The molecule has 2 heterocycles. The zero-order valence-corrected chi connectivity index (χ0v) is 18.6. The molecule has 0 amide bonds. The van der Waals surface area contributed by atoms with E-state index in [1.807, 2.05) is 13.0 Å². The van der Waals surface area contributed by atoms with Crippen LogP contribution in [-0.4, -0.2) is 33.0 Å². The number of hydrogen-bond acceptors (Lipinski definition) is 5. The smallest absolute Gasteiger partial charge is 0.189 e. The summed E-state index contributed by atoms with van der Waals surface area (Å²) in [6.45, 7) is 8.81. The fourth-order valence-corrected chi connectivity index (χ4v) is 4.27. The van der Waals surface area contributed by atoms with E-state index in [9.17, 15) is 0 Å². The Labute approximate surface area is 180 Å². The van der Waals surface area contributed by atoms with Crippen LogP contribution in [0.3, 0.4) is 0 Å². The number of hydrogen-bond donors (Lipinski definition) is 1. The first-order valence-electron chi connectivity index (χ1n) is 10.9. The Morgan fingerprint density at radius 2 is 1.80 bits per heavy atom. The van der Waals surface area contributed by atoms with Gasteiger partial charge in [0.25, 0.3) is 0 Å². The fourth-order valence-electron chi connectivity index (χ4n) is 4.27. The maximum absolute atomic E-state index is 6.08. The van der Waals surface area contributed by atoms with Crippen LogP contribution in [0.1, 0.15) is 38.7 Å². The van der Waals surface area contributed by atoms with Gasteiger partial charge in [0.1, 0.15) is 5.75 Å². The van der Waals surface area contributed by atoms with Gasteiger partial charge in [-0.15, -0.1) is 0 Å². The molecule has 0 radical (unpaired) electrons. The van der Waals surface area contributed by atoms with Crippen molar-refractivity contribution < 1.29 is 9.47 Å². The first-order valence-corrected chi connectivity index (χ1v) is 10.9. The van der Waals surface area contributed by atoms with Crippen LogP contribution in [0.15, 0.2) is 47.9 Å². The summed E-state index contributed by atoms with van der Waals surface area (Å²) in [5.74, 6) is 1.31. The number of rotatable bonds is 5. The molecule has 0 saturated carbocycles. The van der Waals surface area contributed by atoms with Crippen LogP contribution >= 0.6 is 0 Å². The van der Waals surface area contributed by atoms with E-state index in [0.717, 1.165) is 56.0 Å². The summed E-state index contributed by atoms with van der Waals surface area (Å²) in [5.41, 5.74) is 13.3. The van der Waals surface area contributed by atoms with Crippen molar-refractivity contribution in [2.75, 3.05) is 36.7 Å². The van der Waals surface area contributed by atoms with E-state index in [1.165, 1.54) is 22.5 Å². The second kappa shape index (κ2) is 8.60. The van der Waals surface area contributed by atoms with Gasteiger partial charge in [-0.3, -0.25) is 0 Å². The molecule has 5 heteroatoms. The second-order valence-corrected chi connectivity index (χ2v) is 8.44. The summed E-state index contributed by atoms with van der Waals surface area (Å²) < 4.78 is 11.5. The molecule has 2 aliphatic heterocycles. The Balaban J connectivity index is 1.61. The maximum atomic E-state index is 6.08. The number of aryl methyl sites for hydroxylation is 1. The van der Waals surface area contributed by atoms with Crippen molar-refractivity contribution in [1.82, 2.24) is 0 Å². The highest BCUT2D eigenvalue weighted by Crippen LogP contribution is 2.41. The van der Waals surface area contributed by atoms with Crippen molar-refractivity contribution in [1.29, 1.82) is 0 Å². The third-order valence-corrected chi connectivity index (χ3v) is 6.37. The van der Waals surface area contributed by atoms with E-state index >= 15 is 0 Å². The summed E-state index contributed by atoms with van der Waals surface area (Å²) in [5, 5.41) is 0. The first kappa shape index (κ1) is 20.6. The van der Waals surface area contributed by atoms with Gasteiger partial charge in [0.15, 0.2) is 5.88 Å². The van der Waals surface area contributed by atoms with Gasteiger partial charge in [0, 0.05) is 26.3 Å². The van der Waals surface area contributed by atoms with Crippen LogP contribution in [0.5, 0.6) is 5.75 Å². The van der Waals surface area contributed by atoms with Gasteiger partial charge < -0.3 is 25.0 Å². The SMILES string of the molecule is CCC(C)=C(N)Oc1ccc(-c2ccc3c(c2)N(C2CCOCC2)CN3C)cc1C. The Bertz CT molecular complexity index is 947. The first-order chi connectivity index (χ1) is 14.5. The van der Waals surface area contributed by atoms with Crippen LogP contribution in [0, 0.1) is 6.92 Å². The van der Waals surface area contributed by atoms with Gasteiger partial charge in [-0.2, -0.15) is 0 Å². The third kappa shape index (κ3) is 3.99. The molecule has 2 aromatic rings. The molecule has 1 saturated heterocycles. The van der Waals surface area contributed by atoms with Gasteiger partial charge in [0.2, 0.25) is 0 Å². The Kier molecular flexibility index (Phi) is 5.91. The number of nitrogens with zero attached hydrogens (tertiary/aromatic N) is 2. The molecule has 160 valence electrons. The number of ether oxygens (including phenoxy) is 2. The van der Waals surface area contributed by atoms with Crippen LogP contribution in [0.25, 0.3) is 11.1 Å². The van der Waals surface area contributed by atoms with E-state index in [0.29, 0.717) is 11.9 Å². The minimum atomic E-state index is 0.501. The van der Waals surface area contributed by atoms with Gasteiger partial charge in [0.05, 0.1) is 18.0 Å². The number of anilines is 2. The van der Waals surface area contributed by atoms with Crippen molar-refractivity contribution in [3.05, 3.63) is 53.4 Å². The normalized spacial score (nSPS) is 17.7. The summed E-state index contributed by atoms with van der Waals surface area (Å²) in [6.07, 6.45) is 3.07.